The summed E-state index contributed by atoms with van der Waals surface area (Å²) in [5, 5.41) is 14.3. The third-order valence-electron chi connectivity index (χ3n) is 4.18. The van der Waals surface area contributed by atoms with Crippen molar-refractivity contribution in [3.8, 4) is 5.75 Å². The van der Waals surface area contributed by atoms with Crippen LogP contribution in [0.2, 0.25) is 0 Å². The minimum Gasteiger partial charge on any atom is -0.546 e. The van der Waals surface area contributed by atoms with E-state index < -0.39 is 12.6 Å². The van der Waals surface area contributed by atoms with Crippen molar-refractivity contribution in [2.45, 2.75) is 12.8 Å². The zero-order valence-electron chi connectivity index (χ0n) is 14.8. The molecule has 7 nitrogen and oxygen atoms in total. The first-order chi connectivity index (χ1) is 13.1. The Morgan fingerprint density at radius 1 is 1.19 bits per heavy atom. The number of nitrogens with one attached hydrogen (secondary N) is 1. The van der Waals surface area contributed by atoms with Crippen molar-refractivity contribution >= 4 is 23.8 Å². The molecule has 2 aromatic rings. The van der Waals surface area contributed by atoms with Gasteiger partial charge in [-0.3, -0.25) is 4.79 Å². The first kappa shape index (κ1) is 18.4. The fraction of sp³-hybridized carbons (Fsp3) is 0.250. The predicted octanol–water partition coefficient (Wildman–Crippen LogP) is 0.718. The van der Waals surface area contributed by atoms with Crippen LogP contribution in [0, 0.1) is 0 Å². The van der Waals surface area contributed by atoms with Gasteiger partial charge in [-0.15, -0.1) is 0 Å². The van der Waals surface area contributed by atoms with Gasteiger partial charge in [0.25, 0.3) is 5.91 Å². The molecule has 3 rings (SSSR count). The molecule has 1 aliphatic heterocycles. The summed E-state index contributed by atoms with van der Waals surface area (Å²) in [5.74, 6) is -1.04. The van der Waals surface area contributed by atoms with Crippen LogP contribution >= 0.6 is 0 Å². The van der Waals surface area contributed by atoms with E-state index in [-0.39, 0.29) is 12.5 Å². The second-order valence-electron chi connectivity index (χ2n) is 6.18. The van der Waals surface area contributed by atoms with Crippen LogP contribution in [0.4, 0.5) is 5.69 Å². The number of carboxylic acids is 1. The number of aryl methyl sites for hydroxylation is 1. The molecular weight excluding hydrogens is 346 g/mol. The highest BCUT2D eigenvalue weighted by atomic mass is 16.5. The van der Waals surface area contributed by atoms with Crippen LogP contribution in [-0.2, 0) is 16.0 Å². The monoisotopic (exact) mass is 366 g/mol. The van der Waals surface area contributed by atoms with Crippen LogP contribution in [0.15, 0.2) is 53.6 Å². The van der Waals surface area contributed by atoms with E-state index in [9.17, 15) is 14.7 Å². The van der Waals surface area contributed by atoms with E-state index in [4.69, 9.17) is 4.74 Å². The summed E-state index contributed by atoms with van der Waals surface area (Å²) in [5.41, 5.74) is 5.66. The summed E-state index contributed by atoms with van der Waals surface area (Å²) in [6.07, 6.45) is 3.58. The molecule has 7 heteroatoms. The van der Waals surface area contributed by atoms with Crippen LogP contribution < -0.4 is 20.2 Å². The van der Waals surface area contributed by atoms with E-state index in [1.54, 1.807) is 24.3 Å². The summed E-state index contributed by atoms with van der Waals surface area (Å²) in [4.78, 5) is 24.6. The Labute approximate surface area is 157 Å². The molecule has 0 spiro atoms. The third-order valence-corrected chi connectivity index (χ3v) is 4.18. The molecule has 0 fully saturated rings. The Kier molecular flexibility index (Phi) is 6.04. The SMILES string of the molecule is O=C([O-])COc1ccc(/C=N\NC(=O)CN2CCCc3ccccc32)cc1. The number of hydrogen-bond acceptors (Lipinski definition) is 6. The van der Waals surface area contributed by atoms with Crippen LogP contribution in [0.25, 0.3) is 0 Å². The van der Waals surface area contributed by atoms with E-state index >= 15 is 0 Å². The number of hydrazone groups is 1. The van der Waals surface area contributed by atoms with Crippen molar-refractivity contribution < 1.29 is 19.4 Å². The van der Waals surface area contributed by atoms with Crippen molar-refractivity contribution in [2.24, 2.45) is 5.10 Å². The largest absolute Gasteiger partial charge is 0.546 e. The number of fused-ring (bicyclic) bond motifs is 1. The summed E-state index contributed by atoms with van der Waals surface area (Å²) in [7, 11) is 0. The lowest BCUT2D eigenvalue weighted by molar-refractivity contribution is -0.307. The van der Waals surface area contributed by atoms with Crippen molar-refractivity contribution in [2.75, 3.05) is 24.6 Å². The number of carboxylic acid groups (broad SMARTS) is 1. The molecule has 0 saturated carbocycles. The first-order valence-electron chi connectivity index (χ1n) is 8.69. The second-order valence-corrected chi connectivity index (χ2v) is 6.18. The van der Waals surface area contributed by atoms with Gasteiger partial charge in [-0.1, -0.05) is 18.2 Å². The van der Waals surface area contributed by atoms with E-state index in [2.05, 4.69) is 21.5 Å². The molecule has 27 heavy (non-hydrogen) atoms. The van der Waals surface area contributed by atoms with Gasteiger partial charge >= 0.3 is 0 Å². The lowest BCUT2D eigenvalue weighted by atomic mass is 10.0. The molecule has 0 aliphatic carbocycles. The predicted molar refractivity (Wildman–Crippen MR) is 99.7 cm³/mol. The summed E-state index contributed by atoms with van der Waals surface area (Å²) in [6, 6.07) is 14.8. The van der Waals surface area contributed by atoms with E-state index in [1.807, 2.05) is 18.2 Å². The zero-order chi connectivity index (χ0) is 19.1. The Bertz CT molecular complexity index is 833. The van der Waals surface area contributed by atoms with Gasteiger partial charge in [0.2, 0.25) is 0 Å². The van der Waals surface area contributed by atoms with Gasteiger partial charge in [0.1, 0.15) is 12.4 Å². The van der Waals surface area contributed by atoms with Crippen molar-refractivity contribution in [3.05, 3.63) is 59.7 Å². The van der Waals surface area contributed by atoms with E-state index in [1.165, 1.54) is 11.8 Å². The fourth-order valence-corrected chi connectivity index (χ4v) is 2.96. The average Bonchev–Trinajstić information content (AvgIpc) is 2.67. The maximum atomic E-state index is 12.2. The van der Waals surface area contributed by atoms with E-state index in [0.717, 1.165) is 30.6 Å². The number of carbonyl (C=O) groups excluding carboxylic acids is 2. The number of benzene rings is 2. The van der Waals surface area contributed by atoms with Gasteiger partial charge in [0.05, 0.1) is 18.7 Å². The number of hydrogen-bond donors (Lipinski definition) is 1. The first-order valence-corrected chi connectivity index (χ1v) is 8.69. The van der Waals surface area contributed by atoms with Crippen molar-refractivity contribution in [1.29, 1.82) is 0 Å². The Morgan fingerprint density at radius 2 is 1.96 bits per heavy atom. The number of anilines is 1. The standard InChI is InChI=1S/C20H21N3O4/c24-19(13-23-11-3-5-16-4-1-2-6-18(16)23)22-21-12-15-7-9-17(10-8-15)27-14-20(25)26/h1-2,4,6-10,12H,3,5,11,13-14H2,(H,22,24)(H,25,26)/p-1/b21-12-. The van der Waals surface area contributed by atoms with Crippen LogP contribution in [-0.4, -0.2) is 37.8 Å². The molecule has 2 aromatic carbocycles. The summed E-state index contributed by atoms with van der Waals surface area (Å²) < 4.78 is 5.00. The highest BCUT2D eigenvalue weighted by molar-refractivity contribution is 5.85. The number of amides is 1. The van der Waals surface area contributed by atoms with Crippen molar-refractivity contribution in [1.82, 2.24) is 5.43 Å². The molecule has 140 valence electrons. The maximum Gasteiger partial charge on any atom is 0.259 e. The van der Waals surface area contributed by atoms with Gasteiger partial charge in [-0.2, -0.15) is 5.10 Å². The van der Waals surface area contributed by atoms with Crippen LogP contribution in [0.5, 0.6) is 5.75 Å². The molecule has 1 amide bonds. The Hall–Kier alpha value is -3.35. The fourth-order valence-electron chi connectivity index (χ4n) is 2.96. The zero-order valence-corrected chi connectivity index (χ0v) is 14.8. The molecule has 0 aromatic heterocycles. The van der Waals surface area contributed by atoms with Gasteiger partial charge in [0, 0.05) is 12.2 Å². The minimum atomic E-state index is -1.28. The normalized spacial score (nSPS) is 13.3. The third kappa shape index (κ3) is 5.31. The number of para-hydroxylation sites is 1. The number of rotatable bonds is 7. The smallest absolute Gasteiger partial charge is 0.259 e. The molecule has 0 atom stereocenters. The topological polar surface area (TPSA) is 94.1 Å². The van der Waals surface area contributed by atoms with Crippen molar-refractivity contribution in [3.63, 3.8) is 0 Å². The molecule has 1 N–H and O–H groups in total. The summed E-state index contributed by atoms with van der Waals surface area (Å²) >= 11 is 0. The Morgan fingerprint density at radius 3 is 2.74 bits per heavy atom. The Balaban J connectivity index is 1.50. The van der Waals surface area contributed by atoms with Gasteiger partial charge < -0.3 is 19.5 Å². The molecule has 0 saturated heterocycles. The molecule has 1 aliphatic rings. The minimum absolute atomic E-state index is 0.183. The quantitative estimate of drug-likeness (QED) is 0.576. The number of ether oxygens (including phenoxy) is 1. The van der Waals surface area contributed by atoms with Crippen LogP contribution in [0.1, 0.15) is 17.5 Å². The number of carbonyl (C=O) groups is 2. The summed E-state index contributed by atoms with van der Waals surface area (Å²) in [6.45, 7) is 0.606. The van der Waals surface area contributed by atoms with Gasteiger partial charge in [-0.05, 0) is 54.3 Å². The number of nitrogens with zero attached hydrogens (tertiary/aromatic N) is 2. The van der Waals surface area contributed by atoms with E-state index in [0.29, 0.717) is 5.75 Å². The number of aliphatic carboxylic acids is 1. The molecule has 0 radical (unpaired) electrons. The lowest BCUT2D eigenvalue weighted by Gasteiger charge is -2.30. The molecular formula is C20H20N3O4-. The van der Waals surface area contributed by atoms with Gasteiger partial charge in [-0.25, -0.2) is 5.43 Å². The molecule has 1 heterocycles. The average molecular weight is 366 g/mol. The molecule has 0 bridgehead atoms. The highest BCUT2D eigenvalue weighted by Gasteiger charge is 2.18. The maximum absolute atomic E-state index is 12.2. The highest BCUT2D eigenvalue weighted by Crippen LogP contribution is 2.26. The van der Waals surface area contributed by atoms with Gasteiger partial charge in [0.15, 0.2) is 0 Å². The molecule has 0 unspecified atom stereocenters. The lowest BCUT2D eigenvalue weighted by Crippen LogP contribution is -2.38. The second kappa shape index (κ2) is 8.84. The van der Waals surface area contributed by atoms with Crippen LogP contribution in [0.3, 0.4) is 0 Å².